The van der Waals surface area contributed by atoms with Crippen molar-refractivity contribution in [2.45, 2.75) is 38.6 Å². The number of carbonyl (C=O) groups is 1. The van der Waals surface area contributed by atoms with Gasteiger partial charge in [0.25, 0.3) is 5.91 Å². The van der Waals surface area contributed by atoms with Crippen molar-refractivity contribution in [2.75, 3.05) is 26.2 Å². The van der Waals surface area contributed by atoms with Gasteiger partial charge in [0, 0.05) is 35.8 Å². The van der Waals surface area contributed by atoms with E-state index in [0.29, 0.717) is 17.8 Å². The molecule has 1 atom stereocenters. The third kappa shape index (κ3) is 4.12. The monoisotopic (exact) mass is 416 g/mol. The zero-order chi connectivity index (χ0) is 21.2. The van der Waals surface area contributed by atoms with Crippen molar-refractivity contribution in [1.82, 2.24) is 20.0 Å². The summed E-state index contributed by atoms with van der Waals surface area (Å²) >= 11 is 0. The van der Waals surface area contributed by atoms with Crippen molar-refractivity contribution in [3.63, 3.8) is 0 Å². The lowest BCUT2D eigenvalue weighted by Gasteiger charge is -2.28. The third-order valence-electron chi connectivity index (χ3n) is 6.48. The first-order valence-electron chi connectivity index (χ1n) is 11.2. The zero-order valence-corrected chi connectivity index (χ0v) is 18.0. The Morgan fingerprint density at radius 2 is 1.71 bits per heavy atom. The number of amides is 1. The Hall–Kier alpha value is -2.99. The van der Waals surface area contributed by atoms with E-state index in [4.69, 9.17) is 4.42 Å². The van der Waals surface area contributed by atoms with Crippen LogP contribution in [-0.2, 0) is 0 Å². The highest BCUT2D eigenvalue weighted by Gasteiger charge is 2.31. The van der Waals surface area contributed by atoms with E-state index in [-0.39, 0.29) is 5.91 Å². The number of aromatic nitrogens is 2. The summed E-state index contributed by atoms with van der Waals surface area (Å²) in [5.74, 6) is 1.10. The van der Waals surface area contributed by atoms with E-state index in [0.717, 1.165) is 48.2 Å². The van der Waals surface area contributed by atoms with Gasteiger partial charge in [-0.05, 0) is 81.6 Å². The average molecular weight is 417 g/mol. The number of rotatable bonds is 5. The summed E-state index contributed by atoms with van der Waals surface area (Å²) in [6, 6.07) is 15.8. The van der Waals surface area contributed by atoms with Gasteiger partial charge in [-0.15, -0.1) is 10.2 Å². The Morgan fingerprint density at radius 3 is 2.48 bits per heavy atom. The number of nitrogens with zero attached hydrogens (tertiary/aromatic N) is 4. The molecule has 2 aliphatic rings. The highest BCUT2D eigenvalue weighted by molar-refractivity contribution is 5.95. The second-order valence-electron chi connectivity index (χ2n) is 8.61. The van der Waals surface area contributed by atoms with E-state index in [1.807, 2.05) is 55.5 Å². The molecule has 2 aromatic carbocycles. The van der Waals surface area contributed by atoms with Crippen molar-refractivity contribution in [3.8, 4) is 22.9 Å². The second-order valence-corrected chi connectivity index (χ2v) is 8.61. The molecule has 3 heterocycles. The second kappa shape index (κ2) is 8.63. The molecule has 1 unspecified atom stereocenters. The zero-order valence-electron chi connectivity index (χ0n) is 18.0. The molecule has 6 heteroatoms. The van der Waals surface area contributed by atoms with Gasteiger partial charge in [0.05, 0.1) is 0 Å². The number of carbonyl (C=O) groups excluding carboxylic acids is 1. The van der Waals surface area contributed by atoms with Crippen LogP contribution < -0.4 is 0 Å². The Bertz CT molecular complexity index is 1050. The maximum Gasteiger partial charge on any atom is 0.254 e. The highest BCUT2D eigenvalue weighted by Crippen LogP contribution is 2.27. The molecule has 1 amide bonds. The number of hydrogen-bond donors (Lipinski definition) is 0. The molecule has 5 rings (SSSR count). The Labute approximate surface area is 182 Å². The van der Waals surface area contributed by atoms with Gasteiger partial charge in [-0.1, -0.05) is 18.2 Å². The summed E-state index contributed by atoms with van der Waals surface area (Å²) in [5.41, 5.74) is 3.56. The van der Waals surface area contributed by atoms with Crippen LogP contribution in [0.1, 0.15) is 41.6 Å². The first-order valence-corrected chi connectivity index (χ1v) is 11.2. The molecule has 0 radical (unpaired) electrons. The van der Waals surface area contributed by atoms with Gasteiger partial charge in [-0.3, -0.25) is 4.79 Å². The number of likely N-dealkylation sites (tertiary alicyclic amines) is 2. The number of benzene rings is 2. The van der Waals surface area contributed by atoms with Crippen LogP contribution >= 0.6 is 0 Å². The summed E-state index contributed by atoms with van der Waals surface area (Å²) < 4.78 is 5.91. The molecule has 2 aliphatic heterocycles. The van der Waals surface area contributed by atoms with E-state index in [1.54, 1.807) is 0 Å². The summed E-state index contributed by atoms with van der Waals surface area (Å²) in [6.07, 6.45) is 4.75. The van der Waals surface area contributed by atoms with Crippen molar-refractivity contribution in [3.05, 3.63) is 59.7 Å². The molecule has 0 aliphatic carbocycles. The van der Waals surface area contributed by atoms with Crippen LogP contribution in [0.4, 0.5) is 0 Å². The molecular formula is C25H28N4O2. The van der Waals surface area contributed by atoms with Crippen LogP contribution in [0.5, 0.6) is 0 Å². The van der Waals surface area contributed by atoms with E-state index >= 15 is 0 Å². The first-order chi connectivity index (χ1) is 15.2. The molecule has 0 N–H and O–H groups in total. The lowest BCUT2D eigenvalue weighted by atomic mass is 10.1. The Kier molecular flexibility index (Phi) is 5.55. The van der Waals surface area contributed by atoms with Crippen LogP contribution in [0.2, 0.25) is 0 Å². The van der Waals surface area contributed by atoms with E-state index < -0.39 is 0 Å². The quantitative estimate of drug-likeness (QED) is 0.616. The minimum atomic E-state index is 0.124. The predicted molar refractivity (Wildman–Crippen MR) is 120 cm³/mol. The van der Waals surface area contributed by atoms with Gasteiger partial charge in [0.15, 0.2) is 0 Å². The van der Waals surface area contributed by atoms with Crippen molar-refractivity contribution in [1.29, 1.82) is 0 Å². The molecule has 3 aromatic rings. The largest absolute Gasteiger partial charge is 0.416 e. The fourth-order valence-electron chi connectivity index (χ4n) is 4.74. The third-order valence-corrected chi connectivity index (χ3v) is 6.48. The van der Waals surface area contributed by atoms with Crippen LogP contribution in [0.15, 0.2) is 52.9 Å². The maximum absolute atomic E-state index is 13.2. The van der Waals surface area contributed by atoms with Gasteiger partial charge in [-0.2, -0.15) is 0 Å². The van der Waals surface area contributed by atoms with Gasteiger partial charge in [0.2, 0.25) is 11.8 Å². The molecule has 160 valence electrons. The molecule has 1 aromatic heterocycles. The molecule has 0 spiro atoms. The molecule has 0 saturated carbocycles. The summed E-state index contributed by atoms with van der Waals surface area (Å²) in [4.78, 5) is 17.7. The summed E-state index contributed by atoms with van der Waals surface area (Å²) in [6.45, 7) is 6.22. The topological polar surface area (TPSA) is 62.5 Å². The maximum atomic E-state index is 13.2. The van der Waals surface area contributed by atoms with Gasteiger partial charge >= 0.3 is 0 Å². The van der Waals surface area contributed by atoms with Crippen LogP contribution in [0, 0.1) is 6.92 Å². The minimum Gasteiger partial charge on any atom is -0.416 e. The predicted octanol–water partition coefficient (Wildman–Crippen LogP) is 4.41. The van der Waals surface area contributed by atoms with Crippen LogP contribution in [-0.4, -0.2) is 58.1 Å². The van der Waals surface area contributed by atoms with Crippen LogP contribution in [0.25, 0.3) is 22.9 Å². The first kappa shape index (κ1) is 19.9. The molecule has 2 saturated heterocycles. The fraction of sp³-hybridized carbons (Fsp3) is 0.400. The molecular weight excluding hydrogens is 388 g/mol. The SMILES string of the molecule is Cc1ccccc1-c1nnc(-c2ccc(C(=O)N3CCCC3CN3CCCC3)cc2)o1. The van der Waals surface area contributed by atoms with Crippen molar-refractivity contribution < 1.29 is 9.21 Å². The fourth-order valence-corrected chi connectivity index (χ4v) is 4.74. The lowest BCUT2D eigenvalue weighted by molar-refractivity contribution is 0.0709. The number of aryl methyl sites for hydroxylation is 1. The number of hydrogen-bond acceptors (Lipinski definition) is 5. The standard InChI is InChI=1S/C25H28N4O2/c1-18-7-2-3-9-22(18)24-27-26-23(31-24)19-10-12-20(13-11-19)25(30)29-16-6-8-21(29)17-28-14-4-5-15-28/h2-3,7,9-13,21H,4-6,8,14-17H2,1H3. The molecule has 31 heavy (non-hydrogen) atoms. The molecule has 6 nitrogen and oxygen atoms in total. The highest BCUT2D eigenvalue weighted by atomic mass is 16.4. The van der Waals surface area contributed by atoms with Crippen molar-refractivity contribution in [2.24, 2.45) is 0 Å². The van der Waals surface area contributed by atoms with Gasteiger partial charge < -0.3 is 14.2 Å². The Morgan fingerprint density at radius 1 is 0.968 bits per heavy atom. The van der Waals surface area contributed by atoms with Crippen LogP contribution in [0.3, 0.4) is 0 Å². The summed E-state index contributed by atoms with van der Waals surface area (Å²) in [7, 11) is 0. The summed E-state index contributed by atoms with van der Waals surface area (Å²) in [5, 5.41) is 8.41. The minimum absolute atomic E-state index is 0.124. The van der Waals surface area contributed by atoms with Gasteiger partial charge in [0.1, 0.15) is 0 Å². The van der Waals surface area contributed by atoms with E-state index in [9.17, 15) is 4.79 Å². The average Bonchev–Trinajstić information content (AvgIpc) is 3.56. The molecule has 0 bridgehead atoms. The van der Waals surface area contributed by atoms with Crippen molar-refractivity contribution >= 4 is 5.91 Å². The van der Waals surface area contributed by atoms with E-state index in [2.05, 4.69) is 20.0 Å². The smallest absolute Gasteiger partial charge is 0.254 e. The molecule has 2 fully saturated rings. The normalized spacial score (nSPS) is 19.3. The van der Waals surface area contributed by atoms with Gasteiger partial charge in [-0.25, -0.2) is 0 Å². The van der Waals surface area contributed by atoms with E-state index in [1.165, 1.54) is 25.9 Å². The Balaban J connectivity index is 1.30. The lowest BCUT2D eigenvalue weighted by Crippen LogP contribution is -2.42.